The van der Waals surface area contributed by atoms with Gasteiger partial charge >= 0.3 is 0 Å². The van der Waals surface area contributed by atoms with Gasteiger partial charge in [0, 0.05) is 4.47 Å². The first-order chi connectivity index (χ1) is 9.69. The Morgan fingerprint density at radius 1 is 1.40 bits per heavy atom. The highest BCUT2D eigenvalue weighted by Crippen LogP contribution is 2.11. The number of nitrogens with zero attached hydrogens (tertiary/aromatic N) is 3. The Morgan fingerprint density at radius 3 is 2.85 bits per heavy atom. The zero-order chi connectivity index (χ0) is 14.4. The minimum Gasteiger partial charge on any atom is -0.375 e. The van der Waals surface area contributed by atoms with Gasteiger partial charge in [-0.2, -0.15) is 0 Å². The van der Waals surface area contributed by atoms with Crippen LogP contribution in [-0.4, -0.2) is 27.5 Å². The summed E-state index contributed by atoms with van der Waals surface area (Å²) in [5.41, 5.74) is 3.27. The topological polar surface area (TPSA) is 95.1 Å². The van der Waals surface area contributed by atoms with Gasteiger partial charge in [-0.15, -0.1) is 5.10 Å². The highest BCUT2D eigenvalue weighted by atomic mass is 79.9. The van der Waals surface area contributed by atoms with Crippen LogP contribution in [0.15, 0.2) is 34.9 Å². The molecule has 2 aromatic rings. The monoisotopic (exact) mass is 339 g/mol. The Kier molecular flexibility index (Phi) is 5.22. The largest absolute Gasteiger partial charge is 0.375 e. The van der Waals surface area contributed by atoms with E-state index in [9.17, 15) is 4.79 Å². The molecule has 1 heterocycles. The van der Waals surface area contributed by atoms with Gasteiger partial charge in [-0.05, 0) is 17.7 Å². The van der Waals surface area contributed by atoms with E-state index in [1.165, 1.54) is 10.9 Å². The van der Waals surface area contributed by atoms with Gasteiger partial charge in [-0.25, -0.2) is 10.5 Å². The summed E-state index contributed by atoms with van der Waals surface area (Å²) in [7, 11) is 0. The first-order valence-electron chi connectivity index (χ1n) is 5.92. The van der Waals surface area contributed by atoms with Gasteiger partial charge in [0.25, 0.3) is 5.91 Å². The van der Waals surface area contributed by atoms with Crippen molar-refractivity contribution in [1.29, 1.82) is 0 Å². The maximum Gasteiger partial charge on any atom is 0.287 e. The third-order valence-electron chi connectivity index (χ3n) is 2.55. The van der Waals surface area contributed by atoms with Crippen molar-refractivity contribution in [3.63, 3.8) is 0 Å². The summed E-state index contributed by atoms with van der Waals surface area (Å²) < 4.78 is 8.10. The summed E-state index contributed by atoms with van der Waals surface area (Å²) >= 11 is 3.38. The number of nitrogen functional groups attached to an aromatic ring is 1. The normalized spacial score (nSPS) is 10.5. The zero-order valence-electron chi connectivity index (χ0n) is 10.6. The third kappa shape index (κ3) is 4.12. The van der Waals surface area contributed by atoms with Crippen LogP contribution in [0.4, 0.5) is 0 Å². The van der Waals surface area contributed by atoms with Crippen molar-refractivity contribution in [3.05, 3.63) is 46.2 Å². The van der Waals surface area contributed by atoms with E-state index in [1.54, 1.807) is 0 Å². The van der Waals surface area contributed by atoms with Gasteiger partial charge in [-0.1, -0.05) is 33.3 Å². The molecule has 0 aliphatic carbocycles. The maximum absolute atomic E-state index is 11.2. The molecule has 2 rings (SSSR count). The van der Waals surface area contributed by atoms with Crippen LogP contribution in [0.25, 0.3) is 0 Å². The molecule has 1 amide bonds. The van der Waals surface area contributed by atoms with E-state index >= 15 is 0 Å². The van der Waals surface area contributed by atoms with Crippen LogP contribution in [0, 0.1) is 0 Å². The van der Waals surface area contributed by atoms with Crippen molar-refractivity contribution in [2.45, 2.75) is 13.2 Å². The third-order valence-corrected chi connectivity index (χ3v) is 3.08. The second kappa shape index (κ2) is 7.13. The fourth-order valence-corrected chi connectivity index (χ4v) is 1.78. The number of hydrogen-bond donors (Lipinski definition) is 2. The number of amides is 1. The molecule has 0 bridgehead atoms. The van der Waals surface area contributed by atoms with E-state index in [4.69, 9.17) is 10.6 Å². The summed E-state index contributed by atoms with van der Waals surface area (Å²) in [6.07, 6.45) is 1.52. The van der Waals surface area contributed by atoms with E-state index in [1.807, 2.05) is 29.7 Å². The van der Waals surface area contributed by atoms with Crippen molar-refractivity contribution in [1.82, 2.24) is 20.4 Å². The van der Waals surface area contributed by atoms with E-state index < -0.39 is 5.91 Å². The number of benzene rings is 1. The molecule has 0 atom stereocenters. The van der Waals surface area contributed by atoms with Crippen LogP contribution in [-0.2, 0) is 17.9 Å². The second-order valence-corrected chi connectivity index (χ2v) is 4.94. The summed E-state index contributed by atoms with van der Waals surface area (Å²) in [6.45, 7) is 1.52. The Morgan fingerprint density at radius 2 is 2.15 bits per heavy atom. The average Bonchev–Trinajstić information content (AvgIpc) is 2.93. The molecule has 0 fully saturated rings. The number of halogens is 1. The lowest BCUT2D eigenvalue weighted by Crippen LogP contribution is -2.30. The van der Waals surface area contributed by atoms with Crippen LogP contribution in [0.1, 0.15) is 16.1 Å². The zero-order valence-corrected chi connectivity index (χ0v) is 12.2. The number of rotatable bonds is 6. The molecule has 0 aliphatic rings. The highest BCUT2D eigenvalue weighted by Gasteiger charge is 2.08. The SMILES string of the molecule is NNC(=O)c1cn(CCOCc2ccc(Br)cc2)nn1. The van der Waals surface area contributed by atoms with Gasteiger partial charge in [0.05, 0.1) is 26.0 Å². The first kappa shape index (κ1) is 14.6. The summed E-state index contributed by atoms with van der Waals surface area (Å²) in [4.78, 5) is 11.2. The fraction of sp³-hybridized carbons (Fsp3) is 0.250. The van der Waals surface area contributed by atoms with Crippen LogP contribution in [0.3, 0.4) is 0 Å². The number of nitrogens with one attached hydrogen (secondary N) is 1. The van der Waals surface area contributed by atoms with Crippen molar-refractivity contribution in [2.75, 3.05) is 6.61 Å². The van der Waals surface area contributed by atoms with Crippen LogP contribution < -0.4 is 11.3 Å². The standard InChI is InChI=1S/C12H14BrN5O2/c13-10-3-1-9(2-4-10)8-20-6-5-18-7-11(16-17-18)12(19)15-14/h1-4,7H,5-6,8,14H2,(H,15,19). The predicted octanol–water partition coefficient (Wildman–Crippen LogP) is 0.861. The molecule has 0 spiro atoms. The van der Waals surface area contributed by atoms with E-state index in [2.05, 4.69) is 26.2 Å². The molecule has 0 radical (unpaired) electrons. The maximum atomic E-state index is 11.2. The molecule has 0 saturated carbocycles. The summed E-state index contributed by atoms with van der Waals surface area (Å²) in [5.74, 6) is 4.54. The van der Waals surface area contributed by atoms with Crippen LogP contribution in [0.2, 0.25) is 0 Å². The number of hydrogen-bond acceptors (Lipinski definition) is 5. The van der Waals surface area contributed by atoms with Gasteiger partial charge in [-0.3, -0.25) is 10.2 Å². The number of nitrogens with two attached hydrogens (primary N) is 1. The average molecular weight is 340 g/mol. The Balaban J connectivity index is 1.74. The molecular weight excluding hydrogens is 326 g/mol. The van der Waals surface area contributed by atoms with E-state index in [0.717, 1.165) is 10.0 Å². The van der Waals surface area contributed by atoms with Crippen molar-refractivity contribution >= 4 is 21.8 Å². The number of carbonyl (C=O) groups excluding carboxylic acids is 1. The van der Waals surface area contributed by atoms with Crippen molar-refractivity contribution in [2.24, 2.45) is 5.84 Å². The van der Waals surface area contributed by atoms with Gasteiger partial charge < -0.3 is 4.74 Å². The molecule has 8 heteroatoms. The lowest BCUT2D eigenvalue weighted by molar-refractivity contribution is 0.0948. The lowest BCUT2D eigenvalue weighted by atomic mass is 10.2. The smallest absolute Gasteiger partial charge is 0.287 e. The van der Waals surface area contributed by atoms with Crippen LogP contribution >= 0.6 is 15.9 Å². The van der Waals surface area contributed by atoms with Gasteiger partial charge in [0.2, 0.25) is 0 Å². The number of aromatic nitrogens is 3. The minimum absolute atomic E-state index is 0.181. The molecule has 20 heavy (non-hydrogen) atoms. The van der Waals surface area contributed by atoms with Gasteiger partial charge in [0.15, 0.2) is 5.69 Å². The molecule has 0 aliphatic heterocycles. The van der Waals surface area contributed by atoms with E-state index in [-0.39, 0.29) is 5.69 Å². The molecule has 1 aromatic carbocycles. The van der Waals surface area contributed by atoms with Gasteiger partial charge in [0.1, 0.15) is 0 Å². The Bertz CT molecular complexity index is 569. The molecule has 7 nitrogen and oxygen atoms in total. The minimum atomic E-state index is -0.466. The number of carbonyl (C=O) groups is 1. The predicted molar refractivity (Wildman–Crippen MR) is 75.5 cm³/mol. The van der Waals surface area contributed by atoms with Crippen molar-refractivity contribution < 1.29 is 9.53 Å². The van der Waals surface area contributed by atoms with Crippen molar-refractivity contribution in [3.8, 4) is 0 Å². The molecule has 3 N–H and O–H groups in total. The summed E-state index contributed by atoms with van der Waals surface area (Å²) in [5, 5.41) is 7.50. The number of hydrazine groups is 1. The molecule has 106 valence electrons. The van der Waals surface area contributed by atoms with Crippen LogP contribution in [0.5, 0.6) is 0 Å². The molecule has 1 aromatic heterocycles. The fourth-order valence-electron chi connectivity index (χ4n) is 1.51. The molecule has 0 unspecified atom stereocenters. The van der Waals surface area contributed by atoms with E-state index in [0.29, 0.717) is 19.8 Å². The lowest BCUT2D eigenvalue weighted by Gasteiger charge is -2.04. The molecule has 0 saturated heterocycles. The quantitative estimate of drug-likeness (QED) is 0.352. The number of ether oxygens (including phenoxy) is 1. The molecular formula is C12H14BrN5O2. The first-order valence-corrected chi connectivity index (χ1v) is 6.71. The highest BCUT2D eigenvalue weighted by molar-refractivity contribution is 9.10. The Labute approximate surface area is 124 Å². The summed E-state index contributed by atoms with van der Waals surface area (Å²) in [6, 6.07) is 7.91. The second-order valence-electron chi connectivity index (χ2n) is 4.02. The Hall–Kier alpha value is -1.77.